The van der Waals surface area contributed by atoms with Crippen LogP contribution in [0.15, 0.2) is 84.8 Å². The number of amides is 5. The fourth-order valence-corrected chi connectivity index (χ4v) is 11.0. The maximum atomic E-state index is 14.1. The zero-order chi connectivity index (χ0) is 59.4. The van der Waals surface area contributed by atoms with Gasteiger partial charge in [0.2, 0.25) is 29.5 Å². The van der Waals surface area contributed by atoms with E-state index in [4.69, 9.17) is 19.9 Å². The summed E-state index contributed by atoms with van der Waals surface area (Å²) in [5.41, 5.74) is 14.7. The average Bonchev–Trinajstić information content (AvgIpc) is 3.07. The molecule has 5 heterocycles. The van der Waals surface area contributed by atoms with Crippen LogP contribution in [0.1, 0.15) is 81.8 Å². The van der Waals surface area contributed by atoms with Gasteiger partial charge < -0.3 is 60.1 Å². The number of hydrogen-bond donors (Lipinski definition) is 5. The number of nitrogens with two attached hydrogens (primary N) is 1. The second-order valence-electron chi connectivity index (χ2n) is 21.6. The number of benzene rings is 3. The first kappa shape index (κ1) is 61.6. The van der Waals surface area contributed by atoms with Crippen molar-refractivity contribution in [3.05, 3.63) is 107 Å². The highest BCUT2D eigenvalue weighted by Crippen LogP contribution is 2.38. The van der Waals surface area contributed by atoms with Crippen LogP contribution < -0.4 is 31.3 Å². The molecule has 0 unspecified atom stereocenters. The number of β-amino-alcohol motifs (C(OH)–C–C–N with tert-alkyl or cyclic N) is 1. The Kier molecular flexibility index (Phi) is 20.6. The number of rotatable bonds is 26. The number of aromatic nitrogens is 4. The van der Waals surface area contributed by atoms with E-state index in [9.17, 15) is 42.3 Å². The number of halogens is 3. The van der Waals surface area contributed by atoms with Crippen LogP contribution in [0.5, 0.6) is 5.75 Å². The van der Waals surface area contributed by atoms with E-state index >= 15 is 0 Å². The summed E-state index contributed by atoms with van der Waals surface area (Å²) >= 11 is 1.56. The molecule has 5 amide bonds. The van der Waals surface area contributed by atoms with Crippen molar-refractivity contribution in [1.82, 2.24) is 40.4 Å². The number of alkyl halides is 3. The number of fused-ring (bicyclic) bond motifs is 2. The molecule has 2 aliphatic rings. The Balaban J connectivity index is 0.691. The number of ether oxygens (including phenoxy) is 4. The van der Waals surface area contributed by atoms with Crippen molar-refractivity contribution in [1.29, 1.82) is 0 Å². The molecule has 0 saturated carbocycles. The predicted molar refractivity (Wildman–Crippen MR) is 306 cm³/mol. The summed E-state index contributed by atoms with van der Waals surface area (Å²) in [4.78, 5) is 84.0. The number of aryl methyl sites for hydroxylation is 2. The smallest absolute Gasteiger partial charge is 0.406 e. The lowest BCUT2D eigenvalue weighted by Gasteiger charge is -2.35. The van der Waals surface area contributed by atoms with Crippen LogP contribution in [0.25, 0.3) is 32.6 Å². The lowest BCUT2D eigenvalue weighted by molar-refractivity contribution is -0.274. The van der Waals surface area contributed by atoms with Crippen LogP contribution in [0.2, 0.25) is 0 Å². The molecule has 6 N–H and O–H groups in total. The highest BCUT2D eigenvalue weighted by Gasteiger charge is 2.45. The molecule has 0 aliphatic carbocycles. The molecule has 20 nitrogen and oxygen atoms in total. The van der Waals surface area contributed by atoms with Crippen molar-refractivity contribution < 1.29 is 61.2 Å². The molecule has 8 rings (SSSR count). The van der Waals surface area contributed by atoms with Gasteiger partial charge in [0.05, 0.1) is 79.7 Å². The van der Waals surface area contributed by atoms with Crippen LogP contribution in [0.4, 0.5) is 24.7 Å². The third-order valence-corrected chi connectivity index (χ3v) is 15.4. The van der Waals surface area contributed by atoms with E-state index in [0.717, 1.165) is 44.1 Å². The molecular formula is C59H71F3N10O10S. The number of aliphatic hydroxyl groups is 1. The number of anilines is 2. The third kappa shape index (κ3) is 16.4. The van der Waals surface area contributed by atoms with E-state index in [2.05, 4.69) is 35.6 Å². The van der Waals surface area contributed by atoms with Crippen LogP contribution in [-0.2, 0) is 57.6 Å². The topological polar surface area (TPSA) is 255 Å². The molecule has 1 saturated heterocycles. The summed E-state index contributed by atoms with van der Waals surface area (Å²) in [5.74, 6) is -1.75. The van der Waals surface area contributed by atoms with Crippen molar-refractivity contribution in [2.24, 2.45) is 5.41 Å². The van der Waals surface area contributed by atoms with Gasteiger partial charge in [-0.1, -0.05) is 63.2 Å². The Labute approximate surface area is 483 Å². The molecule has 6 aromatic rings. The number of nitrogens with one attached hydrogen (secondary N) is 3. The van der Waals surface area contributed by atoms with Gasteiger partial charge in [-0.3, -0.25) is 24.0 Å². The zero-order valence-corrected chi connectivity index (χ0v) is 47.9. The highest BCUT2D eigenvalue weighted by molar-refractivity contribution is 7.13. The molecule has 3 aromatic heterocycles. The average molecular weight is 1170 g/mol. The number of nitrogen functional groups attached to an aromatic ring is 1. The van der Waals surface area contributed by atoms with E-state index in [-0.39, 0.29) is 101 Å². The SMILES string of the molecule is Cc1ncsc1-c1ccc([C@H](C)NC(=O)[C@@H]2C[C@@H](O)CN2C(=O)[C@@H](NC(=O)CCOCCOCCOCCC(=O)NCCCn2cc(-c3ccc4c(c3)CCN4C(=O)Cc3cccc(OC(F)(F)F)c3)c3c(N)ncnc32)C(C)(C)C)cc1. The zero-order valence-electron chi connectivity index (χ0n) is 47.1. The first-order valence-corrected chi connectivity index (χ1v) is 28.5. The van der Waals surface area contributed by atoms with Crippen molar-refractivity contribution in [3.63, 3.8) is 0 Å². The maximum Gasteiger partial charge on any atom is 0.573 e. The minimum atomic E-state index is -4.84. The largest absolute Gasteiger partial charge is 0.573 e. The predicted octanol–water partition coefficient (Wildman–Crippen LogP) is 6.85. The van der Waals surface area contributed by atoms with Crippen LogP contribution in [0.3, 0.4) is 0 Å². The van der Waals surface area contributed by atoms with Crippen molar-refractivity contribution in [2.45, 2.75) is 110 Å². The first-order valence-electron chi connectivity index (χ1n) is 27.6. The second-order valence-corrected chi connectivity index (χ2v) is 22.5. The molecule has 4 atom stereocenters. The van der Waals surface area contributed by atoms with Gasteiger partial charge in [0.1, 0.15) is 35.6 Å². The Morgan fingerprint density at radius 3 is 2.25 bits per heavy atom. The summed E-state index contributed by atoms with van der Waals surface area (Å²) in [6, 6.07) is 16.8. The van der Waals surface area contributed by atoms with Crippen molar-refractivity contribution >= 4 is 63.4 Å². The van der Waals surface area contributed by atoms with Gasteiger partial charge in [0.25, 0.3) is 0 Å². The molecule has 0 spiro atoms. The van der Waals surface area contributed by atoms with Gasteiger partial charge in [0, 0.05) is 62.9 Å². The van der Waals surface area contributed by atoms with Gasteiger partial charge in [-0.05, 0) is 84.2 Å². The summed E-state index contributed by atoms with van der Waals surface area (Å²) in [7, 11) is 0. The molecule has 24 heteroatoms. The quantitative estimate of drug-likeness (QED) is 0.0349. The lowest BCUT2D eigenvalue weighted by atomic mass is 9.85. The van der Waals surface area contributed by atoms with E-state index in [1.54, 1.807) is 27.8 Å². The normalized spacial score (nSPS) is 16.0. The molecule has 83 heavy (non-hydrogen) atoms. The summed E-state index contributed by atoms with van der Waals surface area (Å²) in [5, 5.41) is 20.1. The maximum absolute atomic E-state index is 14.1. The Hall–Kier alpha value is -7.51. The minimum absolute atomic E-state index is 0.0190. The van der Waals surface area contributed by atoms with E-state index in [1.165, 1.54) is 29.4 Å². The Bertz CT molecular complexity index is 3240. The first-order chi connectivity index (χ1) is 39.6. The Morgan fingerprint density at radius 1 is 0.867 bits per heavy atom. The molecule has 1 fully saturated rings. The van der Waals surface area contributed by atoms with Gasteiger partial charge in [-0.15, -0.1) is 24.5 Å². The molecule has 2 aliphatic heterocycles. The van der Waals surface area contributed by atoms with Gasteiger partial charge >= 0.3 is 6.36 Å². The molecular weight excluding hydrogens is 1100 g/mol. The number of thiazole rings is 1. The fourth-order valence-electron chi connectivity index (χ4n) is 10.2. The van der Waals surface area contributed by atoms with Crippen LogP contribution in [0, 0.1) is 12.3 Å². The third-order valence-electron chi connectivity index (χ3n) is 14.4. The molecule has 3 aromatic carbocycles. The number of carbonyl (C=O) groups is 5. The van der Waals surface area contributed by atoms with Crippen LogP contribution >= 0.6 is 11.3 Å². The summed E-state index contributed by atoms with van der Waals surface area (Å²) < 4.78 is 61.1. The summed E-state index contributed by atoms with van der Waals surface area (Å²) in [6.07, 6.45) is -1.13. The minimum Gasteiger partial charge on any atom is -0.406 e. The van der Waals surface area contributed by atoms with Gasteiger partial charge in [-0.25, -0.2) is 15.0 Å². The van der Waals surface area contributed by atoms with Crippen molar-refractivity contribution in [3.8, 4) is 27.3 Å². The van der Waals surface area contributed by atoms with E-state index in [0.29, 0.717) is 54.9 Å². The van der Waals surface area contributed by atoms with E-state index < -0.39 is 41.8 Å². The number of aliphatic hydroxyl groups excluding tert-OH is 1. The molecule has 0 radical (unpaired) electrons. The lowest BCUT2D eigenvalue weighted by Crippen LogP contribution is -2.58. The van der Waals surface area contributed by atoms with E-state index in [1.807, 2.05) is 87.8 Å². The van der Waals surface area contributed by atoms with Crippen LogP contribution in [-0.4, -0.2) is 143 Å². The monoisotopic (exact) mass is 1170 g/mol. The fraction of sp³-hybridized carbons (Fsp3) is 0.458. The number of carbonyl (C=O) groups excluding carboxylic acids is 5. The Morgan fingerprint density at radius 2 is 1.57 bits per heavy atom. The number of hydrogen-bond acceptors (Lipinski definition) is 15. The standard InChI is InChI=1S/C59H71F3N10O10S/c1-36(39-10-12-40(13-11-39)52-37(2)67-35-83-52)68-56(77)47-31-43(73)32-72(47)57(78)53(58(3,4)5)69-49(75)18-23-80-25-27-81-26-24-79-22-17-48(74)64-19-7-20-70-33-45(51-54(63)65-34-66-55(51)70)41-14-15-46-42(30-41)16-21-71(46)50(76)29-38-8-6-9-44(28-38)82-59(60,61)62/h6,8-15,28,30,33-36,43,47,53,73H,7,16-27,29,31-32H2,1-5H3,(H,64,74)(H,68,77)(H,69,75)(H2,63,65,66)/t36-,43+,47-,53+/m0/s1. The molecule has 0 bridgehead atoms. The highest BCUT2D eigenvalue weighted by atomic mass is 32.1. The second kappa shape index (κ2) is 27.7. The molecule has 444 valence electrons. The number of nitrogens with zero attached hydrogens (tertiary/aromatic N) is 6. The van der Waals surface area contributed by atoms with Gasteiger partial charge in [0.15, 0.2) is 0 Å². The summed E-state index contributed by atoms with van der Waals surface area (Å²) in [6.45, 7) is 11.8. The number of likely N-dealkylation sites (tertiary alicyclic amines) is 1. The van der Waals surface area contributed by atoms with Gasteiger partial charge in [-0.2, -0.15) is 0 Å². The van der Waals surface area contributed by atoms with Crippen molar-refractivity contribution in [2.75, 3.05) is 69.9 Å².